The van der Waals surface area contributed by atoms with Crippen LogP contribution in [0.4, 0.5) is 0 Å². The zero-order valence-corrected chi connectivity index (χ0v) is 11.7. The van der Waals surface area contributed by atoms with Crippen molar-refractivity contribution in [3.8, 4) is 0 Å². The molecule has 2 atom stereocenters. The molecule has 0 radical (unpaired) electrons. The van der Waals surface area contributed by atoms with Crippen LogP contribution in [0.5, 0.6) is 0 Å². The number of aromatic amines is 1. The molecule has 0 spiro atoms. The summed E-state index contributed by atoms with van der Waals surface area (Å²) in [5.74, 6) is -0.993. The quantitative estimate of drug-likeness (QED) is 0.789. The maximum Gasteiger partial charge on any atom is 0.307 e. The first-order valence-electron chi connectivity index (χ1n) is 7.39. The van der Waals surface area contributed by atoms with Gasteiger partial charge in [0, 0.05) is 41.2 Å². The van der Waals surface area contributed by atoms with Crippen molar-refractivity contribution in [2.75, 3.05) is 13.2 Å². The monoisotopic (exact) mass is 286 g/mol. The molecule has 5 heteroatoms. The van der Waals surface area contributed by atoms with Crippen LogP contribution in [0.15, 0.2) is 18.2 Å². The standard InChI is InChI=1S/C16H18N2O3/c19-16(20)10-6-15(17-7-10)9-1-2-13-11(5-9)12-8-21-4-3-14(12)18-13/h1-2,5,10,15,17-18H,3-4,6-8H2,(H,19,20). The highest BCUT2D eigenvalue weighted by atomic mass is 16.5. The van der Waals surface area contributed by atoms with Crippen LogP contribution in [0.25, 0.3) is 10.9 Å². The average Bonchev–Trinajstić information content (AvgIpc) is 3.11. The molecule has 2 unspecified atom stereocenters. The molecule has 21 heavy (non-hydrogen) atoms. The highest BCUT2D eigenvalue weighted by Gasteiger charge is 2.30. The number of fused-ring (bicyclic) bond motifs is 3. The van der Waals surface area contributed by atoms with Gasteiger partial charge in [0.2, 0.25) is 0 Å². The number of hydrogen-bond acceptors (Lipinski definition) is 3. The zero-order valence-electron chi connectivity index (χ0n) is 11.7. The molecule has 2 aromatic rings. The molecule has 0 bridgehead atoms. The molecule has 5 nitrogen and oxygen atoms in total. The molecule has 110 valence electrons. The minimum atomic E-state index is -0.710. The number of nitrogens with one attached hydrogen (secondary N) is 2. The SMILES string of the molecule is O=C(O)C1CNC(c2ccc3[nH]c4c(c3c2)COCC4)C1. The van der Waals surface area contributed by atoms with Crippen molar-refractivity contribution in [1.82, 2.24) is 10.3 Å². The number of aliphatic carboxylic acids is 1. The van der Waals surface area contributed by atoms with Crippen LogP contribution in [0, 0.1) is 5.92 Å². The van der Waals surface area contributed by atoms with Crippen molar-refractivity contribution in [3.63, 3.8) is 0 Å². The van der Waals surface area contributed by atoms with Crippen molar-refractivity contribution in [2.24, 2.45) is 5.92 Å². The lowest BCUT2D eigenvalue weighted by molar-refractivity contribution is -0.141. The summed E-state index contributed by atoms with van der Waals surface area (Å²) in [5, 5.41) is 13.6. The van der Waals surface area contributed by atoms with Gasteiger partial charge in [-0.05, 0) is 24.1 Å². The fraction of sp³-hybridized carbons (Fsp3) is 0.438. The number of ether oxygens (including phenoxy) is 1. The number of benzene rings is 1. The molecule has 3 N–H and O–H groups in total. The third-order valence-electron chi connectivity index (χ3n) is 4.64. The van der Waals surface area contributed by atoms with Crippen LogP contribution < -0.4 is 5.32 Å². The Bertz CT molecular complexity index is 707. The number of H-pyrrole nitrogens is 1. The molecular weight excluding hydrogens is 268 g/mol. The van der Waals surface area contributed by atoms with Crippen molar-refractivity contribution in [1.29, 1.82) is 0 Å². The molecule has 1 aromatic heterocycles. The van der Waals surface area contributed by atoms with Gasteiger partial charge in [-0.3, -0.25) is 4.79 Å². The van der Waals surface area contributed by atoms with E-state index in [0.29, 0.717) is 19.6 Å². The van der Waals surface area contributed by atoms with E-state index in [2.05, 4.69) is 28.5 Å². The topological polar surface area (TPSA) is 74.4 Å². The Morgan fingerprint density at radius 1 is 1.38 bits per heavy atom. The van der Waals surface area contributed by atoms with Gasteiger partial charge in [-0.25, -0.2) is 0 Å². The lowest BCUT2D eigenvalue weighted by atomic mass is 9.98. The maximum atomic E-state index is 11.1. The Hall–Kier alpha value is -1.85. The lowest BCUT2D eigenvalue weighted by Gasteiger charge is -2.13. The van der Waals surface area contributed by atoms with Gasteiger partial charge in [0.25, 0.3) is 0 Å². The van der Waals surface area contributed by atoms with E-state index in [9.17, 15) is 4.79 Å². The highest BCUT2D eigenvalue weighted by molar-refractivity contribution is 5.85. The fourth-order valence-corrected chi connectivity index (χ4v) is 3.44. The lowest BCUT2D eigenvalue weighted by Crippen LogP contribution is -2.17. The Morgan fingerprint density at radius 2 is 2.29 bits per heavy atom. The number of carboxylic acids is 1. The van der Waals surface area contributed by atoms with Gasteiger partial charge < -0.3 is 20.1 Å². The van der Waals surface area contributed by atoms with E-state index in [4.69, 9.17) is 9.84 Å². The Labute approximate surface area is 122 Å². The van der Waals surface area contributed by atoms with E-state index in [-0.39, 0.29) is 12.0 Å². The Balaban J connectivity index is 1.69. The molecule has 1 aromatic carbocycles. The summed E-state index contributed by atoms with van der Waals surface area (Å²) in [6.07, 6.45) is 1.59. The summed E-state index contributed by atoms with van der Waals surface area (Å²) in [4.78, 5) is 14.5. The molecule has 1 saturated heterocycles. The van der Waals surface area contributed by atoms with E-state index in [0.717, 1.165) is 18.5 Å². The molecule has 0 saturated carbocycles. The van der Waals surface area contributed by atoms with Crippen LogP contribution in [-0.2, 0) is 22.6 Å². The molecule has 0 aliphatic carbocycles. The molecule has 1 fully saturated rings. The van der Waals surface area contributed by atoms with Crippen molar-refractivity contribution in [3.05, 3.63) is 35.0 Å². The minimum Gasteiger partial charge on any atom is -0.481 e. The third-order valence-corrected chi connectivity index (χ3v) is 4.64. The second-order valence-corrected chi connectivity index (χ2v) is 5.92. The number of carbonyl (C=O) groups is 1. The van der Waals surface area contributed by atoms with Gasteiger partial charge in [0.1, 0.15) is 0 Å². The van der Waals surface area contributed by atoms with Gasteiger partial charge in [0.05, 0.1) is 19.1 Å². The Kier molecular flexibility index (Phi) is 2.97. The number of carboxylic acid groups (broad SMARTS) is 1. The summed E-state index contributed by atoms with van der Waals surface area (Å²) in [7, 11) is 0. The average molecular weight is 286 g/mol. The normalized spacial score (nSPS) is 25.1. The summed E-state index contributed by atoms with van der Waals surface area (Å²) in [6, 6.07) is 6.50. The van der Waals surface area contributed by atoms with E-state index >= 15 is 0 Å². The summed E-state index contributed by atoms with van der Waals surface area (Å²) < 4.78 is 5.56. The first-order chi connectivity index (χ1) is 10.2. The predicted octanol–water partition coefficient (Wildman–Crippen LogP) is 1.98. The number of aromatic nitrogens is 1. The molecule has 2 aliphatic heterocycles. The second kappa shape index (κ2) is 4.86. The molecular formula is C16H18N2O3. The first kappa shape index (κ1) is 12.9. The largest absolute Gasteiger partial charge is 0.481 e. The number of hydrogen-bond donors (Lipinski definition) is 3. The maximum absolute atomic E-state index is 11.1. The van der Waals surface area contributed by atoms with Gasteiger partial charge in [-0.1, -0.05) is 6.07 Å². The zero-order chi connectivity index (χ0) is 14.4. The van der Waals surface area contributed by atoms with Gasteiger partial charge in [0.15, 0.2) is 0 Å². The molecule has 4 rings (SSSR count). The summed E-state index contributed by atoms with van der Waals surface area (Å²) >= 11 is 0. The summed E-state index contributed by atoms with van der Waals surface area (Å²) in [6.45, 7) is 1.98. The Morgan fingerprint density at radius 3 is 3.10 bits per heavy atom. The molecule has 2 aliphatic rings. The van der Waals surface area contributed by atoms with E-state index in [1.54, 1.807) is 0 Å². The van der Waals surface area contributed by atoms with Crippen molar-refractivity contribution < 1.29 is 14.6 Å². The van der Waals surface area contributed by atoms with Crippen LogP contribution in [0.3, 0.4) is 0 Å². The van der Waals surface area contributed by atoms with Gasteiger partial charge >= 0.3 is 5.97 Å². The van der Waals surface area contributed by atoms with Crippen LogP contribution >= 0.6 is 0 Å². The third kappa shape index (κ3) is 2.13. The highest BCUT2D eigenvalue weighted by Crippen LogP contribution is 2.32. The van der Waals surface area contributed by atoms with E-state index < -0.39 is 5.97 Å². The number of rotatable bonds is 2. The van der Waals surface area contributed by atoms with Crippen LogP contribution in [0.2, 0.25) is 0 Å². The fourth-order valence-electron chi connectivity index (χ4n) is 3.44. The van der Waals surface area contributed by atoms with E-state index in [1.807, 2.05) is 0 Å². The minimum absolute atomic E-state index is 0.130. The molecule has 0 amide bonds. The van der Waals surface area contributed by atoms with Crippen LogP contribution in [0.1, 0.15) is 29.3 Å². The van der Waals surface area contributed by atoms with Crippen LogP contribution in [-0.4, -0.2) is 29.2 Å². The second-order valence-electron chi connectivity index (χ2n) is 5.92. The van der Waals surface area contributed by atoms with E-state index in [1.165, 1.54) is 22.2 Å². The smallest absolute Gasteiger partial charge is 0.307 e. The summed E-state index contributed by atoms with van der Waals surface area (Å²) in [5.41, 5.74) is 4.84. The predicted molar refractivity (Wildman–Crippen MR) is 78.1 cm³/mol. The van der Waals surface area contributed by atoms with Gasteiger partial charge in [-0.15, -0.1) is 0 Å². The molecule has 3 heterocycles. The first-order valence-corrected chi connectivity index (χ1v) is 7.39. The van der Waals surface area contributed by atoms with Crippen molar-refractivity contribution >= 4 is 16.9 Å². The van der Waals surface area contributed by atoms with Gasteiger partial charge in [-0.2, -0.15) is 0 Å². The van der Waals surface area contributed by atoms with Crippen molar-refractivity contribution in [2.45, 2.75) is 25.5 Å².